The fourth-order valence-electron chi connectivity index (χ4n) is 2.80. The molecule has 3 rings (SSSR count). The molecule has 0 aliphatic rings. The van der Waals surface area contributed by atoms with Crippen LogP contribution in [0.25, 0.3) is 11.5 Å². The van der Waals surface area contributed by atoms with Gasteiger partial charge in [0.1, 0.15) is 12.0 Å². The first-order valence-corrected chi connectivity index (χ1v) is 10.5. The topological polar surface area (TPSA) is 92.0 Å². The molecule has 0 aliphatic heterocycles. The van der Waals surface area contributed by atoms with Crippen LogP contribution in [0.15, 0.2) is 70.3 Å². The highest BCUT2D eigenvalue weighted by Crippen LogP contribution is 2.18. The van der Waals surface area contributed by atoms with Crippen LogP contribution in [-0.2, 0) is 17.9 Å². The van der Waals surface area contributed by atoms with Crippen LogP contribution in [0.2, 0.25) is 0 Å². The maximum absolute atomic E-state index is 11.7. The van der Waals surface area contributed by atoms with Crippen molar-refractivity contribution in [1.82, 2.24) is 20.5 Å². The lowest BCUT2D eigenvalue weighted by Gasteiger charge is -2.12. The number of rotatable bonds is 9. The molecular weight excluding hydrogens is 406 g/mol. The lowest BCUT2D eigenvalue weighted by Crippen LogP contribution is -2.36. The Labute approximate surface area is 188 Å². The van der Waals surface area contributed by atoms with E-state index in [0.717, 1.165) is 23.4 Å². The van der Waals surface area contributed by atoms with Gasteiger partial charge in [0.25, 0.3) is 5.91 Å². The van der Waals surface area contributed by atoms with Gasteiger partial charge in [-0.05, 0) is 36.8 Å². The number of carbonyl (C=O) groups is 1. The predicted molar refractivity (Wildman–Crippen MR) is 124 cm³/mol. The van der Waals surface area contributed by atoms with Crippen LogP contribution < -0.4 is 15.4 Å². The van der Waals surface area contributed by atoms with Crippen LogP contribution >= 0.6 is 0 Å². The summed E-state index contributed by atoms with van der Waals surface area (Å²) in [7, 11) is 3.40. The molecule has 0 unspecified atom stereocenters. The number of oxazole rings is 1. The van der Waals surface area contributed by atoms with Gasteiger partial charge in [-0.2, -0.15) is 0 Å². The largest absolute Gasteiger partial charge is 0.484 e. The Hall–Kier alpha value is -3.81. The molecule has 0 bridgehead atoms. The van der Waals surface area contributed by atoms with Crippen molar-refractivity contribution in [1.29, 1.82) is 0 Å². The van der Waals surface area contributed by atoms with Crippen molar-refractivity contribution in [3.05, 3.63) is 72.1 Å². The third-order valence-electron chi connectivity index (χ3n) is 4.53. The molecule has 0 fully saturated rings. The van der Waals surface area contributed by atoms with Crippen molar-refractivity contribution in [3.8, 4) is 17.2 Å². The number of hydrogen-bond acceptors (Lipinski definition) is 5. The van der Waals surface area contributed by atoms with E-state index in [4.69, 9.17) is 9.15 Å². The van der Waals surface area contributed by atoms with Crippen LogP contribution in [0, 0.1) is 0 Å². The normalized spacial score (nSPS) is 11.2. The molecular formula is C24H29N5O3. The summed E-state index contributed by atoms with van der Waals surface area (Å²) in [6.07, 6.45) is 1.65. The number of nitrogens with one attached hydrogen (secondary N) is 2. The quantitative estimate of drug-likeness (QED) is 0.396. The molecule has 0 radical (unpaired) electrons. The Morgan fingerprint density at radius 2 is 1.94 bits per heavy atom. The van der Waals surface area contributed by atoms with Crippen molar-refractivity contribution in [2.45, 2.75) is 20.0 Å². The zero-order valence-electron chi connectivity index (χ0n) is 18.7. The van der Waals surface area contributed by atoms with E-state index in [-0.39, 0.29) is 12.5 Å². The van der Waals surface area contributed by atoms with E-state index < -0.39 is 0 Å². The Bertz CT molecular complexity index is 1030. The average molecular weight is 436 g/mol. The minimum atomic E-state index is -0.0877. The van der Waals surface area contributed by atoms with Gasteiger partial charge in [-0.25, -0.2) is 9.98 Å². The monoisotopic (exact) mass is 435 g/mol. The molecule has 8 nitrogen and oxygen atoms in total. The van der Waals surface area contributed by atoms with E-state index in [9.17, 15) is 4.79 Å². The maximum atomic E-state index is 11.7. The molecule has 0 saturated heterocycles. The Balaban J connectivity index is 1.58. The Morgan fingerprint density at radius 1 is 1.12 bits per heavy atom. The summed E-state index contributed by atoms with van der Waals surface area (Å²) < 4.78 is 11.2. The summed E-state index contributed by atoms with van der Waals surface area (Å²) in [4.78, 5) is 22.4. The van der Waals surface area contributed by atoms with Gasteiger partial charge in [0, 0.05) is 26.2 Å². The number of amides is 1. The second-order valence-electron chi connectivity index (χ2n) is 7.28. The molecule has 0 aliphatic carbocycles. The van der Waals surface area contributed by atoms with Gasteiger partial charge in [-0.15, -0.1) is 0 Å². The first kappa shape index (κ1) is 22.9. The zero-order valence-corrected chi connectivity index (χ0v) is 18.7. The number of aliphatic imine (C=N–C) groups is 1. The van der Waals surface area contributed by atoms with E-state index in [1.165, 1.54) is 4.90 Å². The summed E-state index contributed by atoms with van der Waals surface area (Å²) in [5.41, 5.74) is 2.70. The van der Waals surface area contributed by atoms with Crippen molar-refractivity contribution in [3.63, 3.8) is 0 Å². The molecule has 0 atom stereocenters. The smallest absolute Gasteiger partial charge is 0.259 e. The van der Waals surface area contributed by atoms with Gasteiger partial charge >= 0.3 is 0 Å². The molecule has 0 saturated carbocycles. The van der Waals surface area contributed by atoms with Gasteiger partial charge < -0.3 is 24.7 Å². The SMILES string of the molecule is CCNC(=NCc1cccc(OCC(=O)N(C)C)c1)NCc1coc(-c2ccccc2)n1. The van der Waals surface area contributed by atoms with Crippen LogP contribution in [0.4, 0.5) is 0 Å². The Kier molecular flexibility index (Phi) is 8.25. The number of hydrogen-bond donors (Lipinski definition) is 2. The fraction of sp³-hybridized carbons (Fsp3) is 0.292. The number of ether oxygens (including phenoxy) is 1. The zero-order chi connectivity index (χ0) is 22.8. The third kappa shape index (κ3) is 6.87. The summed E-state index contributed by atoms with van der Waals surface area (Å²) >= 11 is 0. The van der Waals surface area contributed by atoms with E-state index in [2.05, 4.69) is 20.6 Å². The van der Waals surface area contributed by atoms with Crippen molar-refractivity contribution in [2.24, 2.45) is 4.99 Å². The summed E-state index contributed by atoms with van der Waals surface area (Å²) in [5.74, 6) is 1.82. The average Bonchev–Trinajstić information content (AvgIpc) is 3.29. The molecule has 1 amide bonds. The van der Waals surface area contributed by atoms with Crippen LogP contribution in [0.3, 0.4) is 0 Å². The van der Waals surface area contributed by atoms with Gasteiger partial charge in [0.15, 0.2) is 12.6 Å². The first-order valence-electron chi connectivity index (χ1n) is 10.5. The molecule has 1 aromatic heterocycles. The van der Waals surface area contributed by atoms with E-state index >= 15 is 0 Å². The van der Waals surface area contributed by atoms with Gasteiger partial charge in [0.2, 0.25) is 5.89 Å². The molecule has 0 spiro atoms. The summed E-state index contributed by atoms with van der Waals surface area (Å²) in [6, 6.07) is 17.4. The minimum absolute atomic E-state index is 0.00653. The highest BCUT2D eigenvalue weighted by Gasteiger charge is 2.08. The summed E-state index contributed by atoms with van der Waals surface area (Å²) in [6.45, 7) is 3.69. The fourth-order valence-corrected chi connectivity index (χ4v) is 2.80. The van der Waals surface area contributed by atoms with Gasteiger partial charge in [-0.3, -0.25) is 4.79 Å². The Morgan fingerprint density at radius 3 is 2.69 bits per heavy atom. The highest BCUT2D eigenvalue weighted by molar-refractivity contribution is 5.79. The second-order valence-corrected chi connectivity index (χ2v) is 7.28. The molecule has 32 heavy (non-hydrogen) atoms. The van der Waals surface area contributed by atoms with E-state index in [1.54, 1.807) is 20.4 Å². The molecule has 2 N–H and O–H groups in total. The number of benzene rings is 2. The van der Waals surface area contributed by atoms with Crippen molar-refractivity contribution >= 4 is 11.9 Å². The van der Waals surface area contributed by atoms with Crippen LogP contribution in [0.5, 0.6) is 5.75 Å². The molecule has 8 heteroatoms. The van der Waals surface area contributed by atoms with Crippen LogP contribution in [-0.4, -0.2) is 49.0 Å². The maximum Gasteiger partial charge on any atom is 0.259 e. The number of guanidine groups is 1. The lowest BCUT2D eigenvalue weighted by atomic mass is 10.2. The van der Waals surface area contributed by atoms with Crippen LogP contribution in [0.1, 0.15) is 18.2 Å². The first-order chi connectivity index (χ1) is 15.5. The standard InChI is InChI=1S/C24H29N5O3/c1-4-25-24(27-15-20-16-32-23(28-20)19-10-6-5-7-11-19)26-14-18-9-8-12-21(13-18)31-17-22(30)29(2)3/h5-13,16H,4,14-15,17H2,1-3H3,(H2,25,26,27). The molecule has 2 aromatic carbocycles. The number of carbonyl (C=O) groups excluding carboxylic acids is 1. The lowest BCUT2D eigenvalue weighted by molar-refractivity contribution is -0.130. The third-order valence-corrected chi connectivity index (χ3v) is 4.53. The molecule has 3 aromatic rings. The number of aromatic nitrogens is 1. The van der Waals surface area contributed by atoms with Crippen molar-refractivity contribution in [2.75, 3.05) is 27.2 Å². The van der Waals surface area contributed by atoms with Gasteiger partial charge in [-0.1, -0.05) is 30.3 Å². The summed E-state index contributed by atoms with van der Waals surface area (Å²) in [5, 5.41) is 6.50. The van der Waals surface area contributed by atoms with E-state index in [1.807, 2.05) is 61.5 Å². The highest BCUT2D eigenvalue weighted by atomic mass is 16.5. The molecule has 1 heterocycles. The number of likely N-dealkylation sites (N-methyl/N-ethyl adjacent to an activating group) is 1. The minimum Gasteiger partial charge on any atom is -0.484 e. The van der Waals surface area contributed by atoms with Crippen molar-refractivity contribution < 1.29 is 13.9 Å². The predicted octanol–water partition coefficient (Wildman–Crippen LogP) is 3.06. The van der Waals surface area contributed by atoms with E-state index in [0.29, 0.717) is 30.7 Å². The second kappa shape index (κ2) is 11.5. The molecule has 168 valence electrons. The van der Waals surface area contributed by atoms with Gasteiger partial charge in [0.05, 0.1) is 18.8 Å². The number of nitrogens with zero attached hydrogens (tertiary/aromatic N) is 3.